The number of fused-ring (bicyclic) bond motifs is 2. The molecule has 4 atom stereocenters. The molecule has 462 valence electrons. The highest BCUT2D eigenvalue weighted by Gasteiger charge is 2.42. The van der Waals surface area contributed by atoms with E-state index in [0.29, 0.717) is 112 Å². The molecule has 22 heteroatoms. The molecule has 0 aliphatic carbocycles. The lowest BCUT2D eigenvalue weighted by Crippen LogP contribution is -2.52. The van der Waals surface area contributed by atoms with Gasteiger partial charge >= 0.3 is 0 Å². The number of hydrogen-bond acceptors (Lipinski definition) is 14. The molecule has 4 N–H and O–H groups in total. The number of nitrogens with zero attached hydrogens (tertiary/aromatic N) is 10. The van der Waals surface area contributed by atoms with Crippen LogP contribution in [0, 0.1) is 11.6 Å². The van der Waals surface area contributed by atoms with E-state index in [9.17, 15) is 37.5 Å². The fraction of sp³-hybridized carbons (Fsp3) is 0.531. The van der Waals surface area contributed by atoms with Gasteiger partial charge in [-0.15, -0.1) is 0 Å². The van der Waals surface area contributed by atoms with E-state index in [0.717, 1.165) is 86.2 Å². The van der Waals surface area contributed by atoms with E-state index in [-0.39, 0.29) is 57.2 Å². The second-order valence-electron chi connectivity index (χ2n) is 25.7. The number of likely N-dealkylation sites (N-methyl/N-ethyl adjacent to an activating group) is 2. The Bertz CT molecular complexity index is 3140. The van der Waals surface area contributed by atoms with Crippen molar-refractivity contribution in [2.75, 3.05) is 129 Å². The molecule has 4 amide bonds. The highest BCUT2D eigenvalue weighted by molar-refractivity contribution is 5.98. The number of aromatic amines is 2. The van der Waals surface area contributed by atoms with E-state index in [1.54, 1.807) is 34.1 Å². The van der Waals surface area contributed by atoms with Gasteiger partial charge in [-0.05, 0) is 89.3 Å². The molecule has 9 heterocycles. The highest BCUT2D eigenvalue weighted by atomic mass is 19.1. The third kappa shape index (κ3) is 15.2. The van der Waals surface area contributed by atoms with Crippen LogP contribution in [0.4, 0.5) is 20.2 Å². The maximum Gasteiger partial charge on any atom is 0.274 e. The number of nitrogens with one attached hydrogen (secondary N) is 4. The zero-order valence-corrected chi connectivity index (χ0v) is 51.6. The number of rotatable bonds is 10. The maximum absolute atomic E-state index is 13.2. The van der Waals surface area contributed by atoms with Crippen molar-refractivity contribution in [2.24, 2.45) is 0 Å². The number of H-pyrrole nitrogens is 2. The predicted molar refractivity (Wildman–Crippen MR) is 329 cm³/mol. The minimum Gasteiger partial charge on any atom is -0.334 e. The molecule has 4 saturated heterocycles. The average molecular weight is 1190 g/mol. The molecule has 0 radical (unpaired) electrons. The summed E-state index contributed by atoms with van der Waals surface area (Å²) in [4.78, 5) is 108. The first-order valence-electron chi connectivity index (χ1n) is 30.2. The first-order chi connectivity index (χ1) is 40.8. The van der Waals surface area contributed by atoms with E-state index in [4.69, 9.17) is 0 Å². The smallest absolute Gasteiger partial charge is 0.274 e. The SMILES string of the molecule is CC1CN(C(=O)c2cnc(C(=O)N3CCN(C)C(C)C3)cn2)CCN1C.CC1CN(CC(=O)N2CC(C)(C)c3[nH]c(=O)c(Cc4ccc(F)cc4)cc32)CCN1.CC1CN(CC(=O)N2CC(C)(C)c3[nH]c(=O)c(Cc4ccc(F)cc4)cc32)CCN1. The number of anilines is 2. The first kappa shape index (κ1) is 63.4. The summed E-state index contributed by atoms with van der Waals surface area (Å²) in [6, 6.07) is 17.3. The highest BCUT2D eigenvalue weighted by Crippen LogP contribution is 2.40. The number of hydrogen-bond donors (Lipinski definition) is 4. The second kappa shape index (κ2) is 26.9. The fourth-order valence-corrected chi connectivity index (χ4v) is 12.3. The van der Waals surface area contributed by atoms with Crippen LogP contribution in [-0.4, -0.2) is 216 Å². The lowest BCUT2D eigenvalue weighted by atomic mass is 9.91. The largest absolute Gasteiger partial charge is 0.334 e. The Labute approximate surface area is 503 Å². The van der Waals surface area contributed by atoms with E-state index >= 15 is 0 Å². The molecule has 0 saturated carbocycles. The third-order valence-electron chi connectivity index (χ3n) is 17.7. The van der Waals surface area contributed by atoms with E-state index in [1.165, 1.54) is 36.7 Å². The maximum atomic E-state index is 13.2. The Morgan fingerprint density at radius 1 is 0.547 bits per heavy atom. The predicted octanol–water partition coefficient (Wildman–Crippen LogP) is 4.07. The average Bonchev–Trinajstić information content (AvgIpc) is 1.93. The molecule has 86 heavy (non-hydrogen) atoms. The molecule has 4 fully saturated rings. The Kier molecular flexibility index (Phi) is 19.8. The summed E-state index contributed by atoms with van der Waals surface area (Å²) >= 11 is 0. The number of piperazine rings is 4. The van der Waals surface area contributed by atoms with Crippen molar-refractivity contribution in [2.45, 2.75) is 103 Å². The quantitative estimate of drug-likeness (QED) is 0.156. The van der Waals surface area contributed by atoms with Crippen molar-refractivity contribution in [1.29, 1.82) is 0 Å². The Balaban J connectivity index is 0.000000155. The second-order valence-corrected chi connectivity index (χ2v) is 25.7. The van der Waals surface area contributed by atoms with Gasteiger partial charge in [0, 0.05) is 162 Å². The summed E-state index contributed by atoms with van der Waals surface area (Å²) in [7, 11) is 4.12. The molecule has 11 rings (SSSR count). The molecule has 2 aromatic carbocycles. The first-order valence-corrected chi connectivity index (χ1v) is 30.2. The van der Waals surface area contributed by atoms with Gasteiger partial charge in [0.15, 0.2) is 0 Å². The number of aromatic nitrogens is 4. The number of benzene rings is 2. The van der Waals surface area contributed by atoms with Gasteiger partial charge in [0.1, 0.15) is 23.0 Å². The lowest BCUT2D eigenvalue weighted by molar-refractivity contribution is -0.120. The van der Waals surface area contributed by atoms with Gasteiger partial charge in [-0.1, -0.05) is 52.0 Å². The standard InChI is InChI=1S/2C23H29FN4O2.C18H28N6O2/c2*1-15-12-27(9-8-25-15)13-20(29)28-14-23(2,3)21-19(28)11-17(22(30)26-21)10-16-4-6-18(24)7-5-16;1-13-11-23(7-5-21(13)3)17(25)15-9-20-16(10-19-15)18(26)24-8-6-22(4)14(2)12-24/h2*4-7,11,15,25H,8-10,12-14H2,1-3H3,(H,26,30);9-10,13-14H,5-8,11-12H2,1-4H3. The van der Waals surface area contributed by atoms with Gasteiger partial charge in [0.05, 0.1) is 36.9 Å². The summed E-state index contributed by atoms with van der Waals surface area (Å²) in [5.74, 6) is -0.745. The van der Waals surface area contributed by atoms with Crippen LogP contribution in [0.25, 0.3) is 0 Å². The minimum atomic E-state index is -0.324. The molecule has 20 nitrogen and oxygen atoms in total. The van der Waals surface area contributed by atoms with Crippen LogP contribution in [0.15, 0.2) is 82.6 Å². The third-order valence-corrected chi connectivity index (χ3v) is 17.7. The van der Waals surface area contributed by atoms with Gasteiger partial charge in [-0.3, -0.25) is 38.6 Å². The Morgan fingerprint density at radius 3 is 1.26 bits per heavy atom. The Hall–Kier alpha value is -7.08. The zero-order chi connectivity index (χ0) is 61.8. The van der Waals surface area contributed by atoms with Crippen LogP contribution in [0.1, 0.15) is 110 Å². The molecule has 6 aliphatic rings. The summed E-state index contributed by atoms with van der Waals surface area (Å²) < 4.78 is 26.4. The van der Waals surface area contributed by atoms with Crippen molar-refractivity contribution in [1.82, 2.24) is 60.0 Å². The van der Waals surface area contributed by atoms with Crippen LogP contribution in [0.3, 0.4) is 0 Å². The van der Waals surface area contributed by atoms with Crippen LogP contribution in [0.2, 0.25) is 0 Å². The van der Waals surface area contributed by atoms with Crippen molar-refractivity contribution >= 4 is 35.0 Å². The van der Waals surface area contributed by atoms with Crippen molar-refractivity contribution < 1.29 is 28.0 Å². The number of halogens is 2. The van der Waals surface area contributed by atoms with Gasteiger partial charge < -0.3 is 50.0 Å². The van der Waals surface area contributed by atoms with Crippen LogP contribution < -0.4 is 31.6 Å². The normalized spacial score (nSPS) is 22.3. The summed E-state index contributed by atoms with van der Waals surface area (Å²) in [5, 5.41) is 6.79. The molecule has 0 spiro atoms. The molecule has 5 aromatic rings. The molecule has 6 aliphatic heterocycles. The summed E-state index contributed by atoms with van der Waals surface area (Å²) in [6.07, 6.45) is 3.64. The lowest BCUT2D eigenvalue weighted by Gasteiger charge is -2.37. The number of pyridine rings is 2. The van der Waals surface area contributed by atoms with Crippen molar-refractivity contribution in [3.63, 3.8) is 0 Å². The minimum absolute atomic E-state index is 0.0516. The monoisotopic (exact) mass is 1180 g/mol. The van der Waals surface area contributed by atoms with E-state index < -0.39 is 0 Å². The zero-order valence-electron chi connectivity index (χ0n) is 51.6. The van der Waals surface area contributed by atoms with Crippen LogP contribution in [0.5, 0.6) is 0 Å². The van der Waals surface area contributed by atoms with Gasteiger partial charge in [0.2, 0.25) is 11.8 Å². The molecule has 0 bridgehead atoms. The molecular formula is C64H86F2N14O6. The number of carbonyl (C=O) groups excluding carboxylic acids is 4. The Morgan fingerprint density at radius 2 is 0.919 bits per heavy atom. The van der Waals surface area contributed by atoms with Crippen molar-refractivity contribution in [3.05, 3.63) is 150 Å². The van der Waals surface area contributed by atoms with Gasteiger partial charge in [0.25, 0.3) is 22.9 Å². The van der Waals surface area contributed by atoms with Gasteiger partial charge in [-0.2, -0.15) is 0 Å². The van der Waals surface area contributed by atoms with Crippen molar-refractivity contribution in [3.8, 4) is 0 Å². The molecule has 4 unspecified atom stereocenters. The number of amides is 4. The number of carbonyl (C=O) groups is 4. The van der Waals surface area contributed by atoms with E-state index in [2.05, 4.69) is 92.0 Å². The van der Waals surface area contributed by atoms with Gasteiger partial charge in [-0.25, -0.2) is 18.7 Å². The fourth-order valence-electron chi connectivity index (χ4n) is 12.3. The van der Waals surface area contributed by atoms with E-state index in [1.807, 2.05) is 49.6 Å². The summed E-state index contributed by atoms with van der Waals surface area (Å²) in [5.41, 5.74) is 5.66. The summed E-state index contributed by atoms with van der Waals surface area (Å²) in [6.45, 7) is 28.0. The van der Waals surface area contributed by atoms with Crippen LogP contribution >= 0.6 is 0 Å². The topological polar surface area (TPSA) is 210 Å². The molecule has 3 aromatic heterocycles. The molecular weight excluding hydrogens is 1100 g/mol. The van der Waals surface area contributed by atoms with Crippen LogP contribution in [-0.2, 0) is 33.3 Å².